The number of nitrogens with two attached hydrogens (primary N) is 1. The van der Waals surface area contributed by atoms with Gasteiger partial charge < -0.3 is 11.9 Å². The largest absolute Gasteiger partial charge is 0.397 e. The van der Waals surface area contributed by atoms with Gasteiger partial charge in [0.1, 0.15) is 0 Å². The maximum absolute atomic E-state index is 5.30. The van der Waals surface area contributed by atoms with E-state index in [-0.39, 0.29) is 6.15 Å². The molecule has 0 saturated carbocycles. The molecule has 0 amide bonds. The van der Waals surface area contributed by atoms with Crippen LogP contribution in [0.2, 0.25) is 0 Å². The zero-order valence-electron chi connectivity index (χ0n) is 4.54. The number of anilines is 1. The van der Waals surface area contributed by atoms with Crippen LogP contribution in [-0.2, 0) is 0 Å². The van der Waals surface area contributed by atoms with Gasteiger partial charge in [-0.2, -0.15) is 0 Å². The van der Waals surface area contributed by atoms with Crippen LogP contribution < -0.4 is 11.9 Å². The summed E-state index contributed by atoms with van der Waals surface area (Å²) in [5, 5.41) is 0. The smallest absolute Gasteiger partial charge is 0.0500 e. The van der Waals surface area contributed by atoms with Gasteiger partial charge in [-0.1, -0.05) is 0 Å². The number of pyridine rings is 1. The summed E-state index contributed by atoms with van der Waals surface area (Å²) in [5.74, 6) is 0. The fraction of sp³-hybridized carbons (Fsp3) is 0. The van der Waals surface area contributed by atoms with Crippen molar-refractivity contribution in [3.05, 3.63) is 24.5 Å². The molecule has 0 fully saturated rings. The Labute approximate surface area is 48.1 Å². The molecule has 0 radical (unpaired) electrons. The minimum Gasteiger partial charge on any atom is -0.397 e. The molecule has 0 bridgehead atoms. The SMILES string of the molecule is N.Nc1cccnc1. The fourth-order valence-corrected chi connectivity index (χ4v) is 0.376. The topological polar surface area (TPSA) is 73.9 Å². The van der Waals surface area contributed by atoms with Crippen molar-refractivity contribution in [1.82, 2.24) is 11.1 Å². The van der Waals surface area contributed by atoms with Gasteiger partial charge >= 0.3 is 0 Å². The predicted molar refractivity (Wildman–Crippen MR) is 33.7 cm³/mol. The quantitative estimate of drug-likeness (QED) is 0.520. The number of nitrogens with zero attached hydrogens (tertiary/aromatic N) is 1. The Kier molecular flexibility index (Phi) is 2.58. The van der Waals surface area contributed by atoms with Crippen molar-refractivity contribution in [2.45, 2.75) is 0 Å². The summed E-state index contributed by atoms with van der Waals surface area (Å²) in [6, 6.07) is 3.60. The molecule has 1 rings (SSSR count). The third-order valence-corrected chi connectivity index (χ3v) is 0.684. The standard InChI is InChI=1S/C5H6N2.H3N/c6-5-2-1-3-7-4-5;/h1-4H,6H2;1H3. The Morgan fingerprint density at radius 1 is 1.50 bits per heavy atom. The summed E-state index contributed by atoms with van der Waals surface area (Å²) < 4.78 is 0. The van der Waals surface area contributed by atoms with Crippen LogP contribution in [0.1, 0.15) is 0 Å². The van der Waals surface area contributed by atoms with E-state index >= 15 is 0 Å². The normalized spacial score (nSPS) is 7.50. The first-order chi connectivity index (χ1) is 3.39. The van der Waals surface area contributed by atoms with Crippen molar-refractivity contribution < 1.29 is 0 Å². The second-order valence-electron chi connectivity index (χ2n) is 1.29. The predicted octanol–water partition coefficient (Wildman–Crippen LogP) is 0.826. The zero-order chi connectivity index (χ0) is 5.11. The summed E-state index contributed by atoms with van der Waals surface area (Å²) in [6.45, 7) is 0. The van der Waals surface area contributed by atoms with E-state index < -0.39 is 0 Å². The molecule has 3 heteroatoms. The third kappa shape index (κ3) is 1.57. The molecular formula is C5H9N3. The van der Waals surface area contributed by atoms with Crippen LogP contribution in [0.25, 0.3) is 0 Å². The van der Waals surface area contributed by atoms with Crippen LogP contribution in [0.4, 0.5) is 5.69 Å². The molecule has 0 spiro atoms. The average molecular weight is 111 g/mol. The van der Waals surface area contributed by atoms with Crippen LogP contribution in [0.3, 0.4) is 0 Å². The van der Waals surface area contributed by atoms with Crippen LogP contribution in [0.5, 0.6) is 0 Å². The molecule has 0 unspecified atom stereocenters. The van der Waals surface area contributed by atoms with Crippen molar-refractivity contribution in [2.24, 2.45) is 0 Å². The van der Waals surface area contributed by atoms with Crippen LogP contribution in [0.15, 0.2) is 24.5 Å². The van der Waals surface area contributed by atoms with Gasteiger partial charge in [-0.15, -0.1) is 0 Å². The molecule has 0 aliphatic carbocycles. The van der Waals surface area contributed by atoms with Gasteiger partial charge in [-0.05, 0) is 12.1 Å². The van der Waals surface area contributed by atoms with E-state index in [2.05, 4.69) is 4.98 Å². The molecule has 3 nitrogen and oxygen atoms in total. The van der Waals surface area contributed by atoms with Crippen LogP contribution in [-0.4, -0.2) is 4.98 Å². The Morgan fingerprint density at radius 3 is 2.50 bits per heavy atom. The molecule has 44 valence electrons. The van der Waals surface area contributed by atoms with E-state index in [0.717, 1.165) is 0 Å². The molecule has 1 aromatic rings. The van der Waals surface area contributed by atoms with E-state index in [1.807, 2.05) is 0 Å². The van der Waals surface area contributed by atoms with E-state index in [0.29, 0.717) is 5.69 Å². The molecule has 0 aromatic carbocycles. The summed E-state index contributed by atoms with van der Waals surface area (Å²) in [7, 11) is 0. The van der Waals surface area contributed by atoms with E-state index in [4.69, 9.17) is 5.73 Å². The van der Waals surface area contributed by atoms with E-state index in [9.17, 15) is 0 Å². The Hall–Kier alpha value is -1.09. The van der Waals surface area contributed by atoms with Gasteiger partial charge in [0, 0.05) is 12.4 Å². The molecule has 0 aliphatic heterocycles. The summed E-state index contributed by atoms with van der Waals surface area (Å²) in [6.07, 6.45) is 3.30. The maximum Gasteiger partial charge on any atom is 0.0500 e. The first-order valence-electron chi connectivity index (χ1n) is 2.05. The molecule has 0 aliphatic rings. The number of hydrogen-bond donors (Lipinski definition) is 2. The monoisotopic (exact) mass is 111 g/mol. The lowest BCUT2D eigenvalue weighted by Crippen LogP contribution is -1.82. The average Bonchev–Trinajstić information content (AvgIpc) is 1.69. The first kappa shape index (κ1) is 6.91. The van der Waals surface area contributed by atoms with Gasteiger partial charge in [0.2, 0.25) is 0 Å². The minimum atomic E-state index is 0. The van der Waals surface area contributed by atoms with Crippen molar-refractivity contribution >= 4 is 5.69 Å². The van der Waals surface area contributed by atoms with Gasteiger partial charge in [-0.25, -0.2) is 0 Å². The maximum atomic E-state index is 5.30. The Balaban J connectivity index is 0.000000490. The number of rotatable bonds is 0. The van der Waals surface area contributed by atoms with Gasteiger partial charge in [0.05, 0.1) is 5.69 Å². The van der Waals surface area contributed by atoms with E-state index in [1.54, 1.807) is 24.5 Å². The van der Waals surface area contributed by atoms with Crippen molar-refractivity contribution in [1.29, 1.82) is 0 Å². The first-order valence-corrected chi connectivity index (χ1v) is 2.05. The van der Waals surface area contributed by atoms with Gasteiger partial charge in [0.25, 0.3) is 0 Å². The van der Waals surface area contributed by atoms with Gasteiger partial charge in [-0.3, -0.25) is 4.98 Å². The highest BCUT2D eigenvalue weighted by Crippen LogP contribution is 1.92. The molecular weight excluding hydrogens is 102 g/mol. The van der Waals surface area contributed by atoms with Crippen LogP contribution >= 0.6 is 0 Å². The number of aromatic nitrogens is 1. The molecule has 8 heavy (non-hydrogen) atoms. The van der Waals surface area contributed by atoms with Crippen LogP contribution in [0, 0.1) is 0 Å². The van der Waals surface area contributed by atoms with Crippen molar-refractivity contribution in [3.8, 4) is 0 Å². The highest BCUT2D eigenvalue weighted by molar-refractivity contribution is 5.32. The van der Waals surface area contributed by atoms with Crippen molar-refractivity contribution in [3.63, 3.8) is 0 Å². The summed E-state index contributed by atoms with van der Waals surface area (Å²) >= 11 is 0. The third-order valence-electron chi connectivity index (χ3n) is 0.684. The highest BCUT2D eigenvalue weighted by atomic mass is 14.7. The number of hydrogen-bond acceptors (Lipinski definition) is 3. The second kappa shape index (κ2) is 2.98. The summed E-state index contributed by atoms with van der Waals surface area (Å²) in [5.41, 5.74) is 6.01. The van der Waals surface area contributed by atoms with Gasteiger partial charge in [0.15, 0.2) is 0 Å². The fourth-order valence-electron chi connectivity index (χ4n) is 0.376. The molecule has 0 atom stereocenters. The summed E-state index contributed by atoms with van der Waals surface area (Å²) in [4.78, 5) is 3.76. The molecule has 5 N–H and O–H groups in total. The second-order valence-corrected chi connectivity index (χ2v) is 1.29. The molecule has 1 aromatic heterocycles. The Bertz CT molecular complexity index is 138. The molecule has 0 saturated heterocycles. The Morgan fingerprint density at radius 2 is 2.25 bits per heavy atom. The lowest BCUT2D eigenvalue weighted by atomic mass is 10.4. The van der Waals surface area contributed by atoms with Crippen molar-refractivity contribution in [2.75, 3.05) is 5.73 Å². The number of nitrogen functional groups attached to an aromatic ring is 1. The zero-order valence-corrected chi connectivity index (χ0v) is 4.54. The lowest BCUT2D eigenvalue weighted by Gasteiger charge is -1.83. The van der Waals surface area contributed by atoms with E-state index in [1.165, 1.54) is 0 Å². The lowest BCUT2D eigenvalue weighted by molar-refractivity contribution is 1.33. The molecule has 1 heterocycles. The minimum absolute atomic E-state index is 0. The highest BCUT2D eigenvalue weighted by Gasteiger charge is 1.73.